The first-order valence-electron chi connectivity index (χ1n) is 4.31. The number of hydrogen-bond acceptors (Lipinski definition) is 3. The second kappa shape index (κ2) is 2.89. The SMILES string of the molecule is Cc1ccc2c(c1)B(N)N(C)N=C2. The van der Waals surface area contributed by atoms with E-state index < -0.39 is 0 Å². The topological polar surface area (TPSA) is 41.6 Å². The summed E-state index contributed by atoms with van der Waals surface area (Å²) in [4.78, 5) is 1.77. The summed E-state index contributed by atoms with van der Waals surface area (Å²) in [6.07, 6.45) is 1.85. The predicted octanol–water partition coefficient (Wildman–Crippen LogP) is -0.0718. The number of hydrazone groups is 1. The second-order valence-corrected chi connectivity index (χ2v) is 3.40. The molecule has 1 heterocycles. The van der Waals surface area contributed by atoms with Gasteiger partial charge in [-0.1, -0.05) is 23.8 Å². The van der Waals surface area contributed by atoms with Crippen LogP contribution < -0.4 is 11.1 Å². The van der Waals surface area contributed by atoms with E-state index in [1.807, 2.05) is 13.3 Å². The number of nitrogens with zero attached hydrogens (tertiary/aromatic N) is 2. The van der Waals surface area contributed by atoms with E-state index in [0.29, 0.717) is 0 Å². The molecule has 0 unspecified atom stereocenters. The molecule has 0 atom stereocenters. The maximum atomic E-state index is 5.97. The molecule has 3 nitrogen and oxygen atoms in total. The Hall–Kier alpha value is -1.29. The molecule has 0 saturated heterocycles. The van der Waals surface area contributed by atoms with Gasteiger partial charge in [0.15, 0.2) is 0 Å². The van der Waals surface area contributed by atoms with Crippen molar-refractivity contribution >= 4 is 18.7 Å². The normalized spacial score (nSPS) is 14.7. The van der Waals surface area contributed by atoms with Crippen LogP contribution in [0.3, 0.4) is 0 Å². The van der Waals surface area contributed by atoms with E-state index in [4.69, 9.17) is 5.64 Å². The van der Waals surface area contributed by atoms with E-state index >= 15 is 0 Å². The summed E-state index contributed by atoms with van der Waals surface area (Å²) >= 11 is 0. The van der Waals surface area contributed by atoms with E-state index in [1.165, 1.54) is 5.56 Å². The van der Waals surface area contributed by atoms with Gasteiger partial charge in [-0.3, -0.25) is 0 Å². The summed E-state index contributed by atoms with van der Waals surface area (Å²) in [6, 6.07) is 6.24. The van der Waals surface area contributed by atoms with E-state index in [0.717, 1.165) is 11.0 Å². The molecule has 2 rings (SSSR count). The number of rotatable bonds is 0. The van der Waals surface area contributed by atoms with Crippen molar-refractivity contribution in [3.8, 4) is 0 Å². The Labute approximate surface area is 78.4 Å². The molecule has 0 amide bonds. The first-order chi connectivity index (χ1) is 6.18. The van der Waals surface area contributed by atoms with E-state index in [9.17, 15) is 0 Å². The highest BCUT2D eigenvalue weighted by Gasteiger charge is 2.23. The lowest BCUT2D eigenvalue weighted by atomic mass is 9.66. The van der Waals surface area contributed by atoms with Crippen molar-refractivity contribution in [3.63, 3.8) is 0 Å². The first kappa shape index (κ1) is 8.32. The van der Waals surface area contributed by atoms with Crippen LogP contribution in [-0.2, 0) is 0 Å². The third-order valence-corrected chi connectivity index (χ3v) is 2.34. The van der Waals surface area contributed by atoms with Gasteiger partial charge >= 0.3 is 6.98 Å². The Bertz CT molecular complexity index is 362. The Morgan fingerprint density at radius 1 is 1.46 bits per heavy atom. The van der Waals surface area contributed by atoms with Crippen LogP contribution in [0.15, 0.2) is 23.3 Å². The summed E-state index contributed by atoms with van der Waals surface area (Å²) in [7, 11) is 1.88. The molecule has 0 bridgehead atoms. The van der Waals surface area contributed by atoms with Gasteiger partial charge in [-0.15, -0.1) is 0 Å². The third kappa shape index (κ3) is 1.33. The number of hydrogen-bond donors (Lipinski definition) is 1. The maximum absolute atomic E-state index is 5.97. The van der Waals surface area contributed by atoms with Crippen molar-refractivity contribution in [3.05, 3.63) is 29.3 Å². The molecule has 0 aromatic heterocycles. The molecular weight excluding hydrogens is 161 g/mol. The molecule has 1 aromatic carbocycles. The van der Waals surface area contributed by atoms with Gasteiger partial charge in [-0.25, -0.2) is 0 Å². The summed E-state index contributed by atoms with van der Waals surface area (Å²) < 4.78 is 0. The molecular formula is C9H12BN3. The molecule has 66 valence electrons. The molecule has 0 radical (unpaired) electrons. The van der Waals surface area contributed by atoms with E-state index in [1.54, 1.807) is 4.92 Å². The van der Waals surface area contributed by atoms with Gasteiger partial charge in [-0.2, -0.15) is 5.10 Å². The van der Waals surface area contributed by atoms with Gasteiger partial charge in [0.25, 0.3) is 0 Å². The van der Waals surface area contributed by atoms with Crippen molar-refractivity contribution in [2.45, 2.75) is 6.92 Å². The standard InChI is InChI=1S/C9H12BN3/c1-7-3-4-8-6-12-13(2)10(11)9(8)5-7/h3-6H,11H2,1-2H3. The Morgan fingerprint density at radius 2 is 2.23 bits per heavy atom. The lowest BCUT2D eigenvalue weighted by molar-refractivity contribution is 0.567. The van der Waals surface area contributed by atoms with Crippen LogP contribution in [0.5, 0.6) is 0 Å². The predicted molar refractivity (Wildman–Crippen MR) is 56.1 cm³/mol. The van der Waals surface area contributed by atoms with Crippen LogP contribution in [-0.4, -0.2) is 25.2 Å². The monoisotopic (exact) mass is 173 g/mol. The Balaban J connectivity index is 2.54. The minimum atomic E-state index is -0.111. The highest BCUT2D eigenvalue weighted by Crippen LogP contribution is 2.04. The van der Waals surface area contributed by atoms with Gasteiger partial charge in [0.2, 0.25) is 0 Å². The molecule has 0 aliphatic carbocycles. The molecule has 0 spiro atoms. The fourth-order valence-electron chi connectivity index (χ4n) is 1.49. The molecule has 13 heavy (non-hydrogen) atoms. The fraction of sp³-hybridized carbons (Fsp3) is 0.222. The van der Waals surface area contributed by atoms with Gasteiger partial charge in [0.1, 0.15) is 0 Å². The average Bonchev–Trinajstić information content (AvgIpc) is 2.12. The first-order valence-corrected chi connectivity index (χ1v) is 4.31. The summed E-state index contributed by atoms with van der Waals surface area (Å²) in [5, 5.41) is 4.17. The summed E-state index contributed by atoms with van der Waals surface area (Å²) in [6.45, 7) is 1.96. The van der Waals surface area contributed by atoms with Crippen LogP contribution in [0.4, 0.5) is 0 Å². The zero-order valence-corrected chi connectivity index (χ0v) is 7.86. The van der Waals surface area contributed by atoms with Crippen LogP contribution in [0, 0.1) is 6.92 Å². The highest BCUT2D eigenvalue weighted by molar-refractivity contribution is 6.69. The molecule has 0 fully saturated rings. The Morgan fingerprint density at radius 3 is 3.00 bits per heavy atom. The summed E-state index contributed by atoms with van der Waals surface area (Å²) in [5.41, 5.74) is 9.48. The van der Waals surface area contributed by atoms with Crippen molar-refractivity contribution in [1.29, 1.82) is 0 Å². The fourth-order valence-corrected chi connectivity index (χ4v) is 1.49. The number of nitrogens with two attached hydrogens (primary N) is 1. The van der Waals surface area contributed by atoms with Crippen LogP contribution in [0.25, 0.3) is 0 Å². The molecule has 1 aromatic rings. The zero-order valence-electron chi connectivity index (χ0n) is 7.86. The third-order valence-electron chi connectivity index (χ3n) is 2.34. The molecule has 4 heteroatoms. The molecule has 1 aliphatic heterocycles. The number of benzene rings is 1. The van der Waals surface area contributed by atoms with Crippen LogP contribution >= 0.6 is 0 Å². The molecule has 2 N–H and O–H groups in total. The highest BCUT2D eigenvalue weighted by atomic mass is 15.4. The minimum Gasteiger partial charge on any atom is -0.345 e. The molecule has 1 aliphatic rings. The lowest BCUT2D eigenvalue weighted by Gasteiger charge is -2.23. The quantitative estimate of drug-likeness (QED) is 0.558. The van der Waals surface area contributed by atoms with Crippen LogP contribution in [0.1, 0.15) is 11.1 Å². The Kier molecular flexibility index (Phi) is 1.85. The van der Waals surface area contributed by atoms with Crippen LogP contribution in [0.2, 0.25) is 0 Å². The largest absolute Gasteiger partial charge is 0.390 e. The average molecular weight is 173 g/mol. The van der Waals surface area contributed by atoms with Crippen molar-refractivity contribution in [1.82, 2.24) is 4.92 Å². The zero-order chi connectivity index (χ0) is 9.42. The van der Waals surface area contributed by atoms with Gasteiger partial charge in [0, 0.05) is 7.05 Å². The second-order valence-electron chi connectivity index (χ2n) is 3.40. The van der Waals surface area contributed by atoms with Gasteiger partial charge in [-0.05, 0) is 17.9 Å². The van der Waals surface area contributed by atoms with Crippen molar-refractivity contribution in [2.75, 3.05) is 7.05 Å². The van der Waals surface area contributed by atoms with E-state index in [2.05, 4.69) is 30.2 Å². The maximum Gasteiger partial charge on any atom is 0.390 e. The number of fused-ring (bicyclic) bond motifs is 1. The van der Waals surface area contributed by atoms with Gasteiger partial charge < -0.3 is 10.6 Å². The molecule has 0 saturated carbocycles. The van der Waals surface area contributed by atoms with Crippen molar-refractivity contribution < 1.29 is 0 Å². The lowest BCUT2D eigenvalue weighted by Crippen LogP contribution is -2.54. The van der Waals surface area contributed by atoms with Crippen molar-refractivity contribution in [2.24, 2.45) is 10.7 Å². The summed E-state index contributed by atoms with van der Waals surface area (Å²) in [5.74, 6) is 0. The van der Waals surface area contributed by atoms with E-state index in [-0.39, 0.29) is 6.98 Å². The number of aryl methyl sites for hydroxylation is 1. The minimum absolute atomic E-state index is 0.111. The van der Waals surface area contributed by atoms with Gasteiger partial charge in [0.05, 0.1) is 6.21 Å². The smallest absolute Gasteiger partial charge is 0.345 e.